The number of hydrogen-bond acceptors (Lipinski definition) is 8. The van der Waals surface area contributed by atoms with Gasteiger partial charge < -0.3 is 24.5 Å². The van der Waals surface area contributed by atoms with Gasteiger partial charge in [0.25, 0.3) is 5.91 Å². The van der Waals surface area contributed by atoms with E-state index in [-0.39, 0.29) is 29.6 Å². The van der Waals surface area contributed by atoms with Crippen LogP contribution in [0.4, 0.5) is 10.6 Å². The molecule has 2 N–H and O–H groups in total. The number of fused-ring (bicyclic) bond motifs is 2. The predicted octanol–water partition coefficient (Wildman–Crippen LogP) is 4.41. The molecule has 1 amide bonds. The zero-order valence-electron chi connectivity index (χ0n) is 22.7. The Labute approximate surface area is 235 Å². The molecule has 0 saturated carbocycles. The number of anilines is 1. The summed E-state index contributed by atoms with van der Waals surface area (Å²) in [5.74, 6) is -0.0686. The van der Waals surface area contributed by atoms with Crippen molar-refractivity contribution in [3.8, 4) is 0 Å². The van der Waals surface area contributed by atoms with Crippen molar-refractivity contribution in [3.63, 3.8) is 0 Å². The van der Waals surface area contributed by atoms with E-state index >= 15 is 0 Å². The zero-order chi connectivity index (χ0) is 28.9. The van der Waals surface area contributed by atoms with Crippen molar-refractivity contribution >= 4 is 46.0 Å². The van der Waals surface area contributed by atoms with E-state index in [1.54, 1.807) is 83.4 Å². The van der Waals surface area contributed by atoms with Crippen LogP contribution >= 0.6 is 11.6 Å². The molecule has 0 spiro atoms. The summed E-state index contributed by atoms with van der Waals surface area (Å²) in [7, 11) is 3.23. The maximum atomic E-state index is 13.9. The Morgan fingerprint density at radius 3 is 2.48 bits per heavy atom. The van der Waals surface area contributed by atoms with Gasteiger partial charge in [0.2, 0.25) is 6.35 Å². The summed E-state index contributed by atoms with van der Waals surface area (Å²) in [4.78, 5) is 34.4. The third-order valence-corrected chi connectivity index (χ3v) is 6.97. The molecule has 12 heteroatoms. The van der Waals surface area contributed by atoms with Crippen LogP contribution in [0.5, 0.6) is 0 Å². The molecule has 2 aromatic carbocycles. The monoisotopic (exact) mass is 564 g/mol. The molecule has 4 aromatic rings. The number of aliphatic hydroxyl groups is 1. The van der Waals surface area contributed by atoms with E-state index in [1.807, 2.05) is 6.07 Å². The molecule has 1 aliphatic heterocycles. The third-order valence-electron chi connectivity index (χ3n) is 6.64. The van der Waals surface area contributed by atoms with Crippen molar-refractivity contribution in [2.45, 2.75) is 39.3 Å². The Morgan fingerprint density at radius 1 is 1.12 bits per heavy atom. The number of carbonyl (C=O) groups is 2. The number of aromatic nitrogens is 3. The fourth-order valence-electron chi connectivity index (χ4n) is 4.78. The van der Waals surface area contributed by atoms with Gasteiger partial charge in [-0.2, -0.15) is 0 Å². The Morgan fingerprint density at radius 2 is 1.82 bits per heavy atom. The van der Waals surface area contributed by atoms with Crippen LogP contribution in [0.2, 0.25) is 5.02 Å². The molecule has 1 aliphatic rings. The molecule has 0 aliphatic carbocycles. The van der Waals surface area contributed by atoms with Gasteiger partial charge >= 0.3 is 6.09 Å². The summed E-state index contributed by atoms with van der Waals surface area (Å²) in [5.41, 5.74) is 1.08. The van der Waals surface area contributed by atoms with E-state index in [0.717, 1.165) is 0 Å². The number of halogens is 1. The van der Waals surface area contributed by atoms with Gasteiger partial charge in [-0.25, -0.2) is 14.3 Å². The number of oxime groups is 1. The molecule has 5 rings (SSSR count). The standard InChI is InChI=1S/C28H29ClN6O5/c1-28(2,3)40-27(38)35-17(14-18-19(29)12-9-13-20(18)35)15-34-25(36)22-24(33(5)26(34)37)30-23(32(22)4)21(31-39)16-10-7-6-8-11-16/h6-14,26,37,39H,15H2,1-5H3/b31-21-. The molecule has 11 nitrogen and oxygen atoms in total. The summed E-state index contributed by atoms with van der Waals surface area (Å²) in [6.07, 6.45) is -2.04. The quantitative estimate of drug-likeness (QED) is 0.214. The molecule has 1 unspecified atom stereocenters. The fourth-order valence-corrected chi connectivity index (χ4v) is 5.01. The Hall–Kier alpha value is -4.35. The molecular formula is C28H29ClN6O5. The van der Waals surface area contributed by atoms with Gasteiger partial charge in [-0.1, -0.05) is 53.2 Å². The van der Waals surface area contributed by atoms with E-state index < -0.39 is 24.0 Å². The first-order valence-corrected chi connectivity index (χ1v) is 12.9. The van der Waals surface area contributed by atoms with Crippen LogP contribution < -0.4 is 4.90 Å². The topological polar surface area (TPSA) is 125 Å². The molecule has 1 atom stereocenters. The number of ether oxygens (including phenoxy) is 1. The highest BCUT2D eigenvalue weighted by Gasteiger charge is 2.40. The van der Waals surface area contributed by atoms with Crippen LogP contribution in [0.25, 0.3) is 10.9 Å². The molecule has 40 heavy (non-hydrogen) atoms. The maximum Gasteiger partial charge on any atom is 0.419 e. The molecule has 3 heterocycles. The number of hydrogen-bond donors (Lipinski definition) is 2. The van der Waals surface area contributed by atoms with Crippen molar-refractivity contribution < 1.29 is 24.6 Å². The fraction of sp³-hybridized carbons (Fsp3) is 0.286. The highest BCUT2D eigenvalue weighted by molar-refractivity contribution is 6.35. The smallest absolute Gasteiger partial charge is 0.419 e. The first kappa shape index (κ1) is 27.2. The number of amides is 1. The maximum absolute atomic E-state index is 13.9. The van der Waals surface area contributed by atoms with E-state index in [1.165, 1.54) is 18.9 Å². The van der Waals surface area contributed by atoms with Gasteiger partial charge in [0.1, 0.15) is 5.60 Å². The largest absolute Gasteiger partial charge is 0.443 e. The number of aliphatic hydroxyl groups excluding tert-OH is 1. The number of benzene rings is 2. The van der Waals surface area contributed by atoms with Crippen LogP contribution in [-0.2, 0) is 18.3 Å². The second kappa shape index (κ2) is 10.00. The number of carbonyl (C=O) groups excluding carboxylic acids is 2. The average Bonchev–Trinajstić information content (AvgIpc) is 3.44. The van der Waals surface area contributed by atoms with E-state index in [9.17, 15) is 19.9 Å². The Kier molecular flexibility index (Phi) is 6.80. The van der Waals surface area contributed by atoms with Gasteiger partial charge in [-0.15, -0.1) is 0 Å². The van der Waals surface area contributed by atoms with Gasteiger partial charge in [0.05, 0.1) is 12.1 Å². The van der Waals surface area contributed by atoms with Crippen molar-refractivity contribution in [1.29, 1.82) is 0 Å². The normalized spacial score (nSPS) is 16.0. The van der Waals surface area contributed by atoms with E-state index in [2.05, 4.69) is 10.1 Å². The third kappa shape index (κ3) is 4.56. The highest BCUT2D eigenvalue weighted by Crippen LogP contribution is 2.33. The molecule has 208 valence electrons. The Balaban J connectivity index is 1.58. The van der Waals surface area contributed by atoms with Gasteiger partial charge in [0, 0.05) is 35.8 Å². The van der Waals surface area contributed by atoms with Gasteiger partial charge in [-0.05, 0) is 39.0 Å². The van der Waals surface area contributed by atoms with Crippen molar-refractivity contribution in [2.75, 3.05) is 11.9 Å². The minimum Gasteiger partial charge on any atom is -0.443 e. The number of nitrogens with zero attached hydrogens (tertiary/aromatic N) is 6. The van der Waals surface area contributed by atoms with Crippen LogP contribution in [0.1, 0.15) is 48.3 Å². The first-order valence-electron chi connectivity index (χ1n) is 12.5. The molecular weight excluding hydrogens is 536 g/mol. The lowest BCUT2D eigenvalue weighted by Crippen LogP contribution is -2.54. The number of imidazole rings is 1. The SMILES string of the molecule is CN1c2nc(/C(=N\O)c3ccccc3)n(C)c2C(=O)N(Cc2cc3c(Cl)cccc3n2C(=O)OC(C)(C)C)C1O. The van der Waals surface area contributed by atoms with Gasteiger partial charge in [-0.3, -0.25) is 9.69 Å². The minimum absolute atomic E-state index is 0.145. The Bertz CT molecular complexity index is 1650. The second-order valence-corrected chi connectivity index (χ2v) is 10.9. The minimum atomic E-state index is -1.41. The summed E-state index contributed by atoms with van der Waals surface area (Å²) >= 11 is 6.44. The van der Waals surface area contributed by atoms with Crippen molar-refractivity contribution in [1.82, 2.24) is 19.0 Å². The van der Waals surface area contributed by atoms with Crippen LogP contribution in [0.3, 0.4) is 0 Å². The van der Waals surface area contributed by atoms with Crippen molar-refractivity contribution in [2.24, 2.45) is 12.2 Å². The molecule has 2 aromatic heterocycles. The predicted molar refractivity (Wildman–Crippen MR) is 150 cm³/mol. The van der Waals surface area contributed by atoms with E-state index in [0.29, 0.717) is 27.2 Å². The van der Waals surface area contributed by atoms with Crippen molar-refractivity contribution in [3.05, 3.63) is 82.4 Å². The second-order valence-electron chi connectivity index (χ2n) is 10.5. The zero-order valence-corrected chi connectivity index (χ0v) is 23.4. The van der Waals surface area contributed by atoms with E-state index in [4.69, 9.17) is 16.3 Å². The molecule has 0 radical (unpaired) electrons. The van der Waals surface area contributed by atoms with Crippen LogP contribution in [0.15, 0.2) is 59.8 Å². The lowest BCUT2D eigenvalue weighted by molar-refractivity contribution is -0.00209. The summed E-state index contributed by atoms with van der Waals surface area (Å²) in [6.45, 7) is 5.14. The lowest BCUT2D eigenvalue weighted by atomic mass is 10.1. The first-order chi connectivity index (χ1) is 18.9. The summed E-state index contributed by atoms with van der Waals surface area (Å²) in [5, 5.41) is 25.5. The molecule has 0 saturated heterocycles. The van der Waals surface area contributed by atoms with Gasteiger partial charge in [0.15, 0.2) is 23.0 Å². The lowest BCUT2D eigenvalue weighted by Gasteiger charge is -2.38. The average molecular weight is 565 g/mol. The number of rotatable bonds is 4. The molecule has 0 bridgehead atoms. The summed E-state index contributed by atoms with van der Waals surface area (Å²) in [6, 6.07) is 15.8. The van der Waals surface area contributed by atoms with Crippen LogP contribution in [0, 0.1) is 0 Å². The highest BCUT2D eigenvalue weighted by atomic mass is 35.5. The van der Waals surface area contributed by atoms with Crippen LogP contribution in [-0.4, -0.2) is 66.0 Å². The molecule has 0 fully saturated rings. The summed E-state index contributed by atoms with van der Waals surface area (Å²) < 4.78 is 8.53.